The topological polar surface area (TPSA) is 368 Å². The number of nitrogens with two attached hydrogens (primary N) is 2. The van der Waals surface area contributed by atoms with E-state index in [9.17, 15) is 53.4 Å². The molecule has 2 fully saturated rings. The number of nitrogens with zero attached hydrogens (tertiary/aromatic N) is 5. The molecule has 5 rings (SSSR count). The largest absolute Gasteiger partial charge is 0.756 e. The molecule has 5 heterocycles. The van der Waals surface area contributed by atoms with Crippen molar-refractivity contribution in [2.75, 3.05) is 18.9 Å². The SMILES string of the molecule is NC(=O)c1ccc[n+]([C@@H]2O[C@H](COP(=O)(O)OP(=O)([O-])OC[C@H]3O[C@@H](n4cnc5c(N)ncnc54)[C@H](OP(=O)(O)O)[C@@H]3O)[C@@H](O)[C@H]2O)c1.[HH].[K]. The Morgan fingerprint density at radius 2 is 1.71 bits per heavy atom. The summed E-state index contributed by atoms with van der Waals surface area (Å²) in [5.41, 5.74) is 11.1. The van der Waals surface area contributed by atoms with Gasteiger partial charge in [0.2, 0.25) is 0 Å². The van der Waals surface area contributed by atoms with Crippen LogP contribution < -0.4 is 20.9 Å². The zero-order valence-corrected chi connectivity index (χ0v) is 30.7. The van der Waals surface area contributed by atoms with Gasteiger partial charge in [0.1, 0.15) is 47.9 Å². The number of pyridine rings is 1. The fourth-order valence-electron chi connectivity index (χ4n) is 4.82. The molecule has 0 saturated carbocycles. The number of imidazole rings is 1. The quantitative estimate of drug-likeness (QED) is 0.0470. The summed E-state index contributed by atoms with van der Waals surface area (Å²) in [6, 6.07) is 2.78. The van der Waals surface area contributed by atoms with Crippen LogP contribution in [0.4, 0.5) is 5.82 Å². The fraction of sp³-hybridized carbons (Fsp3) is 0.476. The van der Waals surface area contributed by atoms with Crippen molar-refractivity contribution in [3.8, 4) is 0 Å². The first-order valence-corrected chi connectivity index (χ1v) is 17.8. The molecule has 2 aliphatic rings. The Balaban J connectivity index is 0.00000338. The molecule has 49 heavy (non-hydrogen) atoms. The molecule has 2 unspecified atom stereocenters. The van der Waals surface area contributed by atoms with Crippen LogP contribution in [0.2, 0.25) is 0 Å². The number of hydrogen-bond acceptors (Lipinski definition) is 18. The second-order valence-electron chi connectivity index (χ2n) is 10.2. The monoisotopic (exact) mass is 784 g/mol. The van der Waals surface area contributed by atoms with Crippen LogP contribution in [0.3, 0.4) is 0 Å². The number of phosphoric ester groups is 3. The third-order valence-electron chi connectivity index (χ3n) is 6.97. The fourth-order valence-corrected chi connectivity index (χ4v) is 7.42. The van der Waals surface area contributed by atoms with Crippen molar-refractivity contribution in [3.05, 3.63) is 42.7 Å². The maximum atomic E-state index is 12.5. The van der Waals surface area contributed by atoms with Crippen LogP contribution in [0.5, 0.6) is 0 Å². The van der Waals surface area contributed by atoms with E-state index < -0.39 is 91.7 Å². The Morgan fingerprint density at radius 1 is 1.04 bits per heavy atom. The van der Waals surface area contributed by atoms with Crippen molar-refractivity contribution in [2.24, 2.45) is 5.73 Å². The minimum absolute atomic E-state index is 0. The number of aliphatic hydroxyl groups excluding tert-OH is 3. The average Bonchev–Trinajstić information content (AvgIpc) is 3.64. The first-order chi connectivity index (χ1) is 22.4. The van der Waals surface area contributed by atoms with Crippen LogP contribution in [0.1, 0.15) is 24.2 Å². The van der Waals surface area contributed by atoms with E-state index in [1.54, 1.807) is 0 Å². The average molecular weight is 785 g/mol. The van der Waals surface area contributed by atoms with Gasteiger partial charge in [-0.1, -0.05) is 0 Å². The van der Waals surface area contributed by atoms with Crippen LogP contribution in [-0.2, 0) is 41.1 Å². The number of phosphoric acid groups is 3. The molecule has 10 atom stereocenters. The first-order valence-electron chi connectivity index (χ1n) is 13.3. The summed E-state index contributed by atoms with van der Waals surface area (Å²) in [6.45, 7) is -2.12. The molecule has 1 radical (unpaired) electrons. The minimum atomic E-state index is -5.77. The molecule has 28 heteroatoms. The number of amides is 1. The zero-order valence-electron chi connectivity index (χ0n) is 24.9. The molecule has 3 aromatic rings. The normalized spacial score (nSPS) is 29.7. The molecule has 267 valence electrons. The van der Waals surface area contributed by atoms with E-state index in [4.69, 9.17) is 20.9 Å². The predicted octanol–water partition coefficient (Wildman–Crippen LogP) is -3.67. The second kappa shape index (κ2) is 15.8. The van der Waals surface area contributed by atoms with Gasteiger partial charge in [-0.15, -0.1) is 0 Å². The molecule has 0 aliphatic carbocycles. The molecule has 10 N–H and O–H groups in total. The summed E-state index contributed by atoms with van der Waals surface area (Å²) in [5.74, 6) is -0.862. The van der Waals surface area contributed by atoms with Crippen molar-refractivity contribution in [3.63, 3.8) is 0 Å². The van der Waals surface area contributed by atoms with Crippen molar-refractivity contribution < 1.29 is 86.7 Å². The summed E-state index contributed by atoms with van der Waals surface area (Å²) in [4.78, 5) is 64.4. The number of carbonyl (C=O) groups is 1. The van der Waals surface area contributed by atoms with Gasteiger partial charge in [-0.3, -0.25) is 23.0 Å². The van der Waals surface area contributed by atoms with Gasteiger partial charge in [-0.2, -0.15) is 4.57 Å². The molecule has 24 nitrogen and oxygen atoms in total. The van der Waals surface area contributed by atoms with Crippen molar-refractivity contribution in [1.29, 1.82) is 0 Å². The number of aliphatic hydroxyl groups is 3. The number of fused-ring (bicyclic) bond motifs is 1. The van der Waals surface area contributed by atoms with E-state index in [2.05, 4.69) is 32.8 Å². The van der Waals surface area contributed by atoms with Crippen molar-refractivity contribution in [2.45, 2.75) is 49.1 Å². The Labute approximate surface area is 318 Å². The van der Waals surface area contributed by atoms with E-state index in [1.807, 2.05) is 0 Å². The van der Waals surface area contributed by atoms with E-state index in [1.165, 1.54) is 29.1 Å². The molecular formula is C21H30KN7O17P3. The maximum absolute atomic E-state index is 12.5. The van der Waals surface area contributed by atoms with Crippen LogP contribution in [0.15, 0.2) is 37.2 Å². The number of nitrogen functional groups attached to an aromatic ring is 1. The number of hydrogen-bond donors (Lipinski definition) is 8. The molecule has 3 aromatic heterocycles. The van der Waals surface area contributed by atoms with Gasteiger partial charge < -0.3 is 60.4 Å². The third kappa shape index (κ3) is 9.61. The van der Waals surface area contributed by atoms with Crippen LogP contribution >= 0.6 is 23.5 Å². The number of rotatable bonds is 13. The first kappa shape index (κ1) is 40.5. The van der Waals surface area contributed by atoms with Crippen LogP contribution in [0.25, 0.3) is 11.2 Å². The van der Waals surface area contributed by atoms with Crippen molar-refractivity contribution in [1.82, 2.24) is 19.5 Å². The summed E-state index contributed by atoms with van der Waals surface area (Å²) in [7, 11) is -16.6. The molecule has 0 spiro atoms. The van der Waals surface area contributed by atoms with E-state index in [0.717, 1.165) is 17.2 Å². The molecule has 1 amide bonds. The summed E-state index contributed by atoms with van der Waals surface area (Å²) in [6.07, 6.45) is -8.59. The van der Waals surface area contributed by atoms with Gasteiger partial charge in [-0.05, 0) is 6.07 Å². The number of primary amides is 1. The number of ether oxygens (including phenoxy) is 2. The van der Waals surface area contributed by atoms with E-state index in [-0.39, 0.29) is 75.4 Å². The molecule has 2 saturated heterocycles. The number of aromatic nitrogens is 5. The number of carbonyl (C=O) groups excluding carboxylic acids is 1. The van der Waals surface area contributed by atoms with Gasteiger partial charge in [0.25, 0.3) is 20.0 Å². The summed E-state index contributed by atoms with van der Waals surface area (Å²) < 4.78 is 67.9. The van der Waals surface area contributed by atoms with Crippen molar-refractivity contribution >= 4 is 97.7 Å². The molecular weight excluding hydrogens is 754 g/mol. The van der Waals surface area contributed by atoms with E-state index in [0.29, 0.717) is 0 Å². The summed E-state index contributed by atoms with van der Waals surface area (Å²) >= 11 is 0. The Kier molecular flexibility index (Phi) is 13.1. The van der Waals surface area contributed by atoms with Gasteiger partial charge in [0.15, 0.2) is 36.2 Å². The Hall–Kier alpha value is -1.22. The van der Waals surface area contributed by atoms with E-state index >= 15 is 0 Å². The van der Waals surface area contributed by atoms with Gasteiger partial charge in [-0.25, -0.2) is 28.4 Å². The standard InChI is InChI=1S/C21H28N7O17P3.K.H2/c22-17-12-19(25-7-24-17)28(8-26-12)21-16(44-46(33,34)35)14(30)11(43-21)6-41-48(38,39)45-47(36,37)40-5-10-13(29)15(31)20(42-10)27-3-1-2-9(4-27)18(23)32;;/h1-4,7-8,10-11,13-16,20-21,29-31H,5-6H2,(H7-,22,23,24,25,32,33,34,35,36,37,38,39);;1H/t10-,11-,13-,14-,15-,16-,20-,21-;;/m1../s1. The van der Waals surface area contributed by atoms with Gasteiger partial charge >= 0.3 is 15.6 Å². The smallest absolute Gasteiger partial charge is 0.478 e. The zero-order chi connectivity index (χ0) is 35.2. The molecule has 0 aromatic carbocycles. The van der Waals surface area contributed by atoms with Gasteiger partial charge in [0.05, 0.1) is 19.5 Å². The van der Waals surface area contributed by atoms with Gasteiger partial charge in [0, 0.05) is 58.9 Å². The second-order valence-corrected chi connectivity index (χ2v) is 14.4. The summed E-state index contributed by atoms with van der Waals surface area (Å²) in [5, 5.41) is 31.5. The molecule has 2 aliphatic heterocycles. The molecule has 0 bridgehead atoms. The Bertz CT molecular complexity index is 1820. The Morgan fingerprint density at radius 3 is 2.39 bits per heavy atom. The predicted molar refractivity (Wildman–Crippen MR) is 156 cm³/mol. The minimum Gasteiger partial charge on any atom is -0.756 e. The number of anilines is 1. The maximum Gasteiger partial charge on any atom is 0.478 e. The van der Waals surface area contributed by atoms with Crippen LogP contribution in [0, 0.1) is 0 Å². The third-order valence-corrected chi connectivity index (χ3v) is 10.1. The van der Waals surface area contributed by atoms with Crippen LogP contribution in [-0.4, -0.2) is 157 Å².